The van der Waals surface area contributed by atoms with Crippen LogP contribution in [0.5, 0.6) is 0 Å². The summed E-state index contributed by atoms with van der Waals surface area (Å²) in [6, 6.07) is 8.78. The van der Waals surface area contributed by atoms with Crippen LogP contribution in [0.2, 0.25) is 5.02 Å². The van der Waals surface area contributed by atoms with Crippen molar-refractivity contribution < 1.29 is 0 Å². The van der Waals surface area contributed by atoms with E-state index in [1.54, 1.807) is 0 Å². The first-order chi connectivity index (χ1) is 8.61. The van der Waals surface area contributed by atoms with Crippen LogP contribution in [-0.4, -0.2) is 25.0 Å². The molecule has 2 rings (SSSR count). The van der Waals surface area contributed by atoms with E-state index in [0.717, 1.165) is 11.4 Å². The summed E-state index contributed by atoms with van der Waals surface area (Å²) in [5.41, 5.74) is 7.55. The molecule has 0 bridgehead atoms. The molecule has 1 aliphatic carbocycles. The van der Waals surface area contributed by atoms with Gasteiger partial charge in [-0.05, 0) is 44.5 Å². The zero-order valence-electron chi connectivity index (χ0n) is 11.3. The van der Waals surface area contributed by atoms with Crippen molar-refractivity contribution in [3.63, 3.8) is 0 Å². The number of nitrogens with two attached hydrogens (primary N) is 1. The van der Waals surface area contributed by atoms with Gasteiger partial charge in [0, 0.05) is 17.1 Å². The molecular formula is C15H23ClN2. The summed E-state index contributed by atoms with van der Waals surface area (Å²) in [5.74, 6) is 0.508. The zero-order valence-corrected chi connectivity index (χ0v) is 12.0. The van der Waals surface area contributed by atoms with E-state index in [9.17, 15) is 0 Å². The number of benzene rings is 1. The van der Waals surface area contributed by atoms with E-state index in [1.165, 1.54) is 24.8 Å². The molecule has 1 saturated carbocycles. The maximum absolute atomic E-state index is 6.36. The lowest BCUT2D eigenvalue weighted by Crippen LogP contribution is -2.41. The topological polar surface area (TPSA) is 29.3 Å². The number of halogens is 1. The Hall–Kier alpha value is -0.570. The summed E-state index contributed by atoms with van der Waals surface area (Å²) in [6.45, 7) is 0. The van der Waals surface area contributed by atoms with E-state index in [4.69, 9.17) is 17.3 Å². The maximum Gasteiger partial charge on any atom is 0.0453 e. The van der Waals surface area contributed by atoms with Crippen LogP contribution in [0.3, 0.4) is 0 Å². The van der Waals surface area contributed by atoms with E-state index in [-0.39, 0.29) is 0 Å². The molecule has 3 heteroatoms. The first kappa shape index (κ1) is 13.9. The lowest BCUT2D eigenvalue weighted by Gasteiger charge is -2.39. The van der Waals surface area contributed by atoms with Crippen LogP contribution in [0.4, 0.5) is 0 Å². The van der Waals surface area contributed by atoms with Gasteiger partial charge < -0.3 is 10.6 Å². The molecule has 2 N–H and O–H groups in total. The largest absolute Gasteiger partial charge is 0.327 e. The van der Waals surface area contributed by atoms with Crippen molar-refractivity contribution >= 4 is 11.6 Å². The van der Waals surface area contributed by atoms with Gasteiger partial charge in [0.25, 0.3) is 0 Å². The Labute approximate surface area is 115 Å². The second kappa shape index (κ2) is 6.05. The Morgan fingerprint density at radius 2 is 1.89 bits per heavy atom. The van der Waals surface area contributed by atoms with Crippen molar-refractivity contribution in [3.8, 4) is 0 Å². The number of nitrogens with zero attached hydrogens (tertiary/aromatic N) is 1. The smallest absolute Gasteiger partial charge is 0.0453 e. The Kier molecular flexibility index (Phi) is 4.66. The SMILES string of the molecule is CN(C)[C@@H](c1ccccc1Cl)[C@@H]1CCCC[C@@H]1N. The second-order valence-electron chi connectivity index (χ2n) is 5.54. The minimum atomic E-state index is 0.294. The Balaban J connectivity index is 2.31. The van der Waals surface area contributed by atoms with E-state index >= 15 is 0 Å². The lowest BCUT2D eigenvalue weighted by atomic mass is 9.77. The first-order valence-corrected chi connectivity index (χ1v) is 7.15. The predicted octanol–water partition coefficient (Wildman–Crippen LogP) is 3.46. The molecule has 0 amide bonds. The van der Waals surface area contributed by atoms with E-state index in [1.807, 2.05) is 12.1 Å². The highest BCUT2D eigenvalue weighted by Crippen LogP contribution is 2.39. The summed E-state index contributed by atoms with van der Waals surface area (Å²) in [4.78, 5) is 2.26. The van der Waals surface area contributed by atoms with Gasteiger partial charge in [0.05, 0.1) is 0 Å². The summed E-state index contributed by atoms with van der Waals surface area (Å²) >= 11 is 6.36. The predicted molar refractivity (Wildman–Crippen MR) is 77.8 cm³/mol. The average Bonchev–Trinajstić information content (AvgIpc) is 2.34. The quantitative estimate of drug-likeness (QED) is 0.908. The van der Waals surface area contributed by atoms with Crippen molar-refractivity contribution in [2.45, 2.75) is 37.8 Å². The highest BCUT2D eigenvalue weighted by atomic mass is 35.5. The monoisotopic (exact) mass is 266 g/mol. The van der Waals surface area contributed by atoms with Gasteiger partial charge >= 0.3 is 0 Å². The summed E-state index contributed by atoms with van der Waals surface area (Å²) < 4.78 is 0. The zero-order chi connectivity index (χ0) is 13.1. The standard InChI is InChI=1S/C15H23ClN2/c1-18(2)15(11-7-3-5-9-13(11)16)12-8-4-6-10-14(12)17/h3,5,7,9,12,14-15H,4,6,8,10,17H2,1-2H3/t12-,14+,15+/m1/s1. The van der Waals surface area contributed by atoms with Crippen molar-refractivity contribution in [1.82, 2.24) is 4.90 Å². The summed E-state index contributed by atoms with van der Waals surface area (Å²) in [6.07, 6.45) is 4.89. The molecule has 0 unspecified atom stereocenters. The van der Waals surface area contributed by atoms with Crippen LogP contribution < -0.4 is 5.73 Å². The van der Waals surface area contributed by atoms with Gasteiger partial charge in [-0.15, -0.1) is 0 Å². The van der Waals surface area contributed by atoms with E-state index in [2.05, 4.69) is 31.1 Å². The van der Waals surface area contributed by atoms with Gasteiger partial charge in [-0.3, -0.25) is 0 Å². The molecule has 1 aromatic carbocycles. The number of hydrogen-bond acceptors (Lipinski definition) is 2. The Bertz CT molecular complexity index is 392. The van der Waals surface area contributed by atoms with Crippen LogP contribution in [0.15, 0.2) is 24.3 Å². The third-order valence-electron chi connectivity index (χ3n) is 4.06. The second-order valence-corrected chi connectivity index (χ2v) is 5.95. The van der Waals surface area contributed by atoms with Crippen molar-refractivity contribution in [3.05, 3.63) is 34.9 Å². The first-order valence-electron chi connectivity index (χ1n) is 6.77. The third-order valence-corrected chi connectivity index (χ3v) is 4.40. The molecule has 0 aromatic heterocycles. The van der Waals surface area contributed by atoms with E-state index in [0.29, 0.717) is 18.0 Å². The molecule has 0 saturated heterocycles. The van der Waals surface area contributed by atoms with Crippen LogP contribution in [0, 0.1) is 5.92 Å². The summed E-state index contributed by atoms with van der Waals surface area (Å²) in [7, 11) is 4.24. The van der Waals surface area contributed by atoms with Crippen LogP contribution in [0.1, 0.15) is 37.3 Å². The molecular weight excluding hydrogens is 244 g/mol. The van der Waals surface area contributed by atoms with Crippen LogP contribution >= 0.6 is 11.6 Å². The molecule has 3 atom stereocenters. The molecule has 0 aliphatic heterocycles. The normalized spacial score (nSPS) is 26.3. The van der Waals surface area contributed by atoms with Crippen LogP contribution in [-0.2, 0) is 0 Å². The molecule has 1 aromatic rings. The molecule has 100 valence electrons. The van der Waals surface area contributed by atoms with Gasteiger partial charge in [-0.2, -0.15) is 0 Å². The maximum atomic E-state index is 6.36. The van der Waals surface area contributed by atoms with Crippen molar-refractivity contribution in [1.29, 1.82) is 0 Å². The van der Waals surface area contributed by atoms with Crippen molar-refractivity contribution in [2.24, 2.45) is 11.7 Å². The van der Waals surface area contributed by atoms with E-state index < -0.39 is 0 Å². The number of hydrogen-bond donors (Lipinski definition) is 1. The van der Waals surface area contributed by atoms with Gasteiger partial charge in [-0.1, -0.05) is 42.6 Å². The third kappa shape index (κ3) is 2.87. The highest BCUT2D eigenvalue weighted by molar-refractivity contribution is 6.31. The molecule has 0 radical (unpaired) electrons. The fraction of sp³-hybridized carbons (Fsp3) is 0.600. The fourth-order valence-corrected chi connectivity index (χ4v) is 3.43. The van der Waals surface area contributed by atoms with Gasteiger partial charge in [0.2, 0.25) is 0 Å². The molecule has 2 nitrogen and oxygen atoms in total. The van der Waals surface area contributed by atoms with Crippen molar-refractivity contribution in [2.75, 3.05) is 14.1 Å². The lowest BCUT2D eigenvalue weighted by molar-refractivity contribution is 0.151. The molecule has 1 aliphatic rings. The van der Waals surface area contributed by atoms with Crippen LogP contribution in [0.25, 0.3) is 0 Å². The summed E-state index contributed by atoms with van der Waals surface area (Å²) in [5, 5.41) is 0.856. The average molecular weight is 267 g/mol. The molecule has 1 fully saturated rings. The molecule has 18 heavy (non-hydrogen) atoms. The molecule has 0 spiro atoms. The Morgan fingerprint density at radius 3 is 2.50 bits per heavy atom. The van der Waals surface area contributed by atoms with Gasteiger partial charge in [0.15, 0.2) is 0 Å². The van der Waals surface area contributed by atoms with Gasteiger partial charge in [-0.25, -0.2) is 0 Å². The Morgan fingerprint density at radius 1 is 1.22 bits per heavy atom. The molecule has 0 heterocycles. The minimum Gasteiger partial charge on any atom is -0.327 e. The highest BCUT2D eigenvalue weighted by Gasteiger charge is 2.32. The van der Waals surface area contributed by atoms with Gasteiger partial charge in [0.1, 0.15) is 0 Å². The minimum absolute atomic E-state index is 0.294. The fourth-order valence-electron chi connectivity index (χ4n) is 3.19. The number of rotatable bonds is 3.